The fourth-order valence-electron chi connectivity index (χ4n) is 4.84. The van der Waals surface area contributed by atoms with Crippen molar-refractivity contribution in [2.75, 3.05) is 58.9 Å². The molecule has 1 aliphatic carbocycles. The summed E-state index contributed by atoms with van der Waals surface area (Å²) in [5.74, 6) is 0.865. The monoisotopic (exact) mass is 350 g/mol. The highest BCUT2D eigenvalue weighted by Gasteiger charge is 2.54. The van der Waals surface area contributed by atoms with Gasteiger partial charge in [-0.05, 0) is 77.0 Å². The molecular formula is C20H38N4O. The van der Waals surface area contributed by atoms with Gasteiger partial charge < -0.3 is 15.1 Å². The first-order valence-corrected chi connectivity index (χ1v) is 10.4. The number of hydrogen-bond donors (Lipinski definition) is 1. The normalized spacial score (nSPS) is 27.8. The van der Waals surface area contributed by atoms with E-state index in [-0.39, 0.29) is 5.91 Å². The molecule has 2 heterocycles. The molecule has 3 rings (SSSR count). The molecule has 25 heavy (non-hydrogen) atoms. The Labute approximate surface area is 154 Å². The Morgan fingerprint density at radius 3 is 2.20 bits per heavy atom. The molecule has 3 aliphatic rings. The van der Waals surface area contributed by atoms with Crippen molar-refractivity contribution in [1.82, 2.24) is 20.0 Å². The minimum Gasteiger partial charge on any atom is -0.356 e. The number of nitrogens with zero attached hydrogens (tertiary/aromatic N) is 3. The van der Waals surface area contributed by atoms with Crippen molar-refractivity contribution in [3.05, 3.63) is 0 Å². The quantitative estimate of drug-likeness (QED) is 0.758. The average Bonchev–Trinajstić information content (AvgIpc) is 3.27. The molecule has 3 fully saturated rings. The van der Waals surface area contributed by atoms with Crippen LogP contribution >= 0.6 is 0 Å². The van der Waals surface area contributed by atoms with Crippen LogP contribution in [0.2, 0.25) is 0 Å². The summed E-state index contributed by atoms with van der Waals surface area (Å²) < 4.78 is 0. The average molecular weight is 351 g/mol. The Balaban J connectivity index is 1.26. The summed E-state index contributed by atoms with van der Waals surface area (Å²) in [5.41, 5.74) is 0.576. The number of nitrogens with one attached hydrogen (secondary N) is 1. The predicted octanol–water partition coefficient (Wildman–Crippen LogP) is 1.64. The third-order valence-electron chi connectivity index (χ3n) is 6.89. The maximum atomic E-state index is 11.1. The smallest absolute Gasteiger partial charge is 0.216 e. The number of amides is 1. The van der Waals surface area contributed by atoms with Crippen LogP contribution in [0.5, 0.6) is 0 Å². The first-order valence-electron chi connectivity index (χ1n) is 10.4. The van der Waals surface area contributed by atoms with Crippen LogP contribution in [0.15, 0.2) is 0 Å². The lowest BCUT2D eigenvalue weighted by Crippen LogP contribution is -2.49. The van der Waals surface area contributed by atoms with Gasteiger partial charge >= 0.3 is 0 Å². The van der Waals surface area contributed by atoms with E-state index < -0.39 is 0 Å². The SMILES string of the molecule is CC(=O)NCC1CC12CCN(CCCN1CCN(C(C)C)CC1)CC2. The van der Waals surface area contributed by atoms with Crippen LogP contribution in [0.4, 0.5) is 0 Å². The lowest BCUT2D eigenvalue weighted by atomic mass is 9.90. The van der Waals surface area contributed by atoms with Gasteiger partial charge in [-0.2, -0.15) is 0 Å². The first kappa shape index (κ1) is 19.1. The highest BCUT2D eigenvalue weighted by Crippen LogP contribution is 2.58. The Morgan fingerprint density at radius 2 is 1.64 bits per heavy atom. The standard InChI is InChI=1S/C20H38N4O/c1-17(2)24-13-11-23(12-14-24)8-4-7-22-9-5-20(6-10-22)15-19(20)16-21-18(3)25/h17,19H,4-16H2,1-3H3,(H,21,25). The minimum atomic E-state index is 0.119. The van der Waals surface area contributed by atoms with E-state index in [2.05, 4.69) is 33.9 Å². The van der Waals surface area contributed by atoms with Gasteiger partial charge in [-0.1, -0.05) is 0 Å². The lowest BCUT2D eigenvalue weighted by molar-refractivity contribution is -0.119. The second-order valence-electron chi connectivity index (χ2n) is 8.87. The summed E-state index contributed by atoms with van der Waals surface area (Å²) in [4.78, 5) is 19.0. The molecular weight excluding hydrogens is 312 g/mol. The minimum absolute atomic E-state index is 0.119. The number of hydrogen-bond acceptors (Lipinski definition) is 4. The summed E-state index contributed by atoms with van der Waals surface area (Å²) in [6.45, 7) is 17.1. The van der Waals surface area contributed by atoms with Gasteiger partial charge in [0.05, 0.1) is 0 Å². The van der Waals surface area contributed by atoms with Gasteiger partial charge in [0.25, 0.3) is 0 Å². The van der Waals surface area contributed by atoms with Crippen molar-refractivity contribution < 1.29 is 4.79 Å². The second kappa shape index (κ2) is 8.36. The van der Waals surface area contributed by atoms with E-state index in [1.807, 2.05) is 0 Å². The highest BCUT2D eigenvalue weighted by molar-refractivity contribution is 5.72. The number of carbonyl (C=O) groups excluding carboxylic acids is 1. The molecule has 0 aromatic heterocycles. The highest BCUT2D eigenvalue weighted by atomic mass is 16.1. The summed E-state index contributed by atoms with van der Waals surface area (Å²) in [5, 5.41) is 3.01. The molecule has 0 bridgehead atoms. The van der Waals surface area contributed by atoms with Crippen LogP contribution < -0.4 is 5.32 Å². The van der Waals surface area contributed by atoms with E-state index in [4.69, 9.17) is 0 Å². The summed E-state index contributed by atoms with van der Waals surface area (Å²) in [6.07, 6.45) is 5.32. The van der Waals surface area contributed by atoms with Gasteiger partial charge in [0.1, 0.15) is 0 Å². The number of likely N-dealkylation sites (tertiary alicyclic amines) is 1. The Morgan fingerprint density at radius 1 is 1.04 bits per heavy atom. The van der Waals surface area contributed by atoms with Gasteiger partial charge in [0, 0.05) is 45.7 Å². The lowest BCUT2D eigenvalue weighted by Gasteiger charge is -2.37. The zero-order valence-corrected chi connectivity index (χ0v) is 16.6. The second-order valence-corrected chi connectivity index (χ2v) is 8.87. The van der Waals surface area contributed by atoms with Crippen LogP contribution in [0.25, 0.3) is 0 Å². The molecule has 1 saturated carbocycles. The molecule has 1 N–H and O–H groups in total. The molecule has 5 nitrogen and oxygen atoms in total. The Bertz CT molecular complexity index is 437. The van der Waals surface area contributed by atoms with E-state index >= 15 is 0 Å². The maximum absolute atomic E-state index is 11.1. The number of rotatable bonds is 7. The molecule has 0 aromatic rings. The molecule has 2 saturated heterocycles. The third-order valence-corrected chi connectivity index (χ3v) is 6.89. The van der Waals surface area contributed by atoms with Gasteiger partial charge in [0.2, 0.25) is 5.91 Å². The largest absolute Gasteiger partial charge is 0.356 e. The summed E-state index contributed by atoms with van der Waals surface area (Å²) in [6, 6.07) is 0.694. The zero-order chi connectivity index (χ0) is 17.9. The van der Waals surface area contributed by atoms with E-state index in [0.29, 0.717) is 11.5 Å². The van der Waals surface area contributed by atoms with Crippen LogP contribution in [-0.2, 0) is 4.79 Å². The molecule has 5 heteroatoms. The van der Waals surface area contributed by atoms with Gasteiger partial charge in [-0.25, -0.2) is 0 Å². The fourth-order valence-corrected chi connectivity index (χ4v) is 4.84. The first-order chi connectivity index (χ1) is 12.0. The van der Waals surface area contributed by atoms with Crippen molar-refractivity contribution >= 4 is 5.91 Å². The van der Waals surface area contributed by atoms with Crippen molar-refractivity contribution in [1.29, 1.82) is 0 Å². The number of carbonyl (C=O) groups is 1. The molecule has 1 spiro atoms. The van der Waals surface area contributed by atoms with Crippen LogP contribution in [0.3, 0.4) is 0 Å². The van der Waals surface area contributed by atoms with E-state index in [1.54, 1.807) is 6.92 Å². The molecule has 0 radical (unpaired) electrons. The van der Waals surface area contributed by atoms with Crippen LogP contribution in [0.1, 0.15) is 46.5 Å². The Kier molecular flexibility index (Phi) is 6.39. The molecule has 144 valence electrons. The van der Waals surface area contributed by atoms with E-state index in [9.17, 15) is 4.79 Å². The third kappa shape index (κ3) is 5.18. The van der Waals surface area contributed by atoms with E-state index in [1.165, 1.54) is 78.0 Å². The Hall–Kier alpha value is -0.650. The van der Waals surface area contributed by atoms with Gasteiger partial charge in [-0.15, -0.1) is 0 Å². The van der Waals surface area contributed by atoms with Gasteiger partial charge in [0.15, 0.2) is 0 Å². The van der Waals surface area contributed by atoms with Gasteiger partial charge in [-0.3, -0.25) is 9.69 Å². The fraction of sp³-hybridized carbons (Fsp3) is 0.950. The molecule has 1 amide bonds. The molecule has 2 aliphatic heterocycles. The molecule has 1 atom stereocenters. The number of piperidine rings is 1. The van der Waals surface area contributed by atoms with Crippen molar-refractivity contribution in [2.45, 2.75) is 52.5 Å². The van der Waals surface area contributed by atoms with Crippen LogP contribution in [-0.4, -0.2) is 85.6 Å². The molecule has 0 aromatic carbocycles. The van der Waals surface area contributed by atoms with Crippen LogP contribution in [0, 0.1) is 11.3 Å². The predicted molar refractivity (Wildman–Crippen MR) is 103 cm³/mol. The van der Waals surface area contributed by atoms with Crippen molar-refractivity contribution in [3.63, 3.8) is 0 Å². The zero-order valence-electron chi connectivity index (χ0n) is 16.6. The summed E-state index contributed by atoms with van der Waals surface area (Å²) >= 11 is 0. The number of piperazine rings is 1. The summed E-state index contributed by atoms with van der Waals surface area (Å²) in [7, 11) is 0. The van der Waals surface area contributed by atoms with E-state index in [0.717, 1.165) is 12.5 Å². The topological polar surface area (TPSA) is 38.8 Å². The van der Waals surface area contributed by atoms with Crippen molar-refractivity contribution in [2.24, 2.45) is 11.3 Å². The molecule has 1 unspecified atom stereocenters. The maximum Gasteiger partial charge on any atom is 0.216 e. The van der Waals surface area contributed by atoms with Crippen molar-refractivity contribution in [3.8, 4) is 0 Å².